The maximum absolute atomic E-state index is 13.9. The second kappa shape index (κ2) is 7.79. The molecule has 3 rings (SSSR count). The second-order valence-corrected chi connectivity index (χ2v) is 6.71. The molecule has 1 aliphatic rings. The number of hydrogen-bond acceptors (Lipinski definition) is 2. The fourth-order valence-electron chi connectivity index (χ4n) is 2.76. The number of hydrogen-bond donors (Lipinski definition) is 0. The van der Waals surface area contributed by atoms with Crippen LogP contribution in [0.2, 0.25) is 5.02 Å². The Bertz CT molecular complexity index is 772. The summed E-state index contributed by atoms with van der Waals surface area (Å²) in [6, 6.07) is 13.3. The first kappa shape index (κ1) is 17.6. The normalized spacial score (nSPS) is 13.5. The quantitative estimate of drug-likeness (QED) is 0.676. The summed E-state index contributed by atoms with van der Waals surface area (Å²) in [6.07, 6.45) is 2.14. The number of ketones is 1. The highest BCUT2D eigenvalue weighted by atomic mass is 35.5. The van der Waals surface area contributed by atoms with Gasteiger partial charge in [-0.3, -0.25) is 9.59 Å². The number of benzene rings is 2. The van der Waals surface area contributed by atoms with Crippen molar-refractivity contribution in [1.82, 2.24) is 4.90 Å². The molecule has 0 aliphatic heterocycles. The predicted octanol–water partition coefficient (Wildman–Crippen LogP) is 4.63. The van der Waals surface area contributed by atoms with E-state index in [0.29, 0.717) is 16.1 Å². The third kappa shape index (κ3) is 4.67. The van der Waals surface area contributed by atoms with E-state index in [9.17, 15) is 14.0 Å². The van der Waals surface area contributed by atoms with Crippen LogP contribution in [-0.4, -0.2) is 22.6 Å². The Labute approximate surface area is 151 Å². The zero-order valence-corrected chi connectivity index (χ0v) is 14.5. The van der Waals surface area contributed by atoms with Crippen LogP contribution in [0.1, 0.15) is 41.6 Å². The lowest BCUT2D eigenvalue weighted by Crippen LogP contribution is -2.33. The number of carbonyl (C=O) groups is 2. The summed E-state index contributed by atoms with van der Waals surface area (Å²) in [6.45, 7) is 0.255. The first-order valence-corrected chi connectivity index (χ1v) is 8.74. The summed E-state index contributed by atoms with van der Waals surface area (Å²) in [5.41, 5.74) is 1.05. The third-order valence-electron chi connectivity index (χ3n) is 4.34. The monoisotopic (exact) mass is 359 g/mol. The van der Waals surface area contributed by atoms with E-state index in [1.807, 2.05) is 0 Å². The Hall–Kier alpha value is -2.20. The first-order chi connectivity index (χ1) is 12.0. The van der Waals surface area contributed by atoms with Crippen LogP contribution in [0, 0.1) is 5.82 Å². The summed E-state index contributed by atoms with van der Waals surface area (Å²) in [4.78, 5) is 26.5. The molecule has 1 saturated carbocycles. The minimum absolute atomic E-state index is 0.0911. The minimum atomic E-state index is -0.307. The molecule has 0 unspecified atom stereocenters. The van der Waals surface area contributed by atoms with Crippen molar-refractivity contribution in [3.05, 3.63) is 70.5 Å². The largest absolute Gasteiger partial charge is 0.335 e. The Morgan fingerprint density at radius 2 is 1.72 bits per heavy atom. The lowest BCUT2D eigenvalue weighted by atomic mass is 10.1. The lowest BCUT2D eigenvalue weighted by molar-refractivity contribution is -0.132. The molecule has 5 heteroatoms. The third-order valence-corrected chi connectivity index (χ3v) is 4.59. The number of carbonyl (C=O) groups excluding carboxylic acids is 2. The van der Waals surface area contributed by atoms with Crippen molar-refractivity contribution in [2.24, 2.45) is 0 Å². The summed E-state index contributed by atoms with van der Waals surface area (Å²) in [5, 5.41) is 0.567. The number of rotatable bonds is 7. The van der Waals surface area contributed by atoms with Crippen LogP contribution < -0.4 is 0 Å². The molecule has 130 valence electrons. The van der Waals surface area contributed by atoms with E-state index < -0.39 is 0 Å². The van der Waals surface area contributed by atoms with Crippen molar-refractivity contribution in [2.75, 3.05) is 0 Å². The van der Waals surface area contributed by atoms with Crippen LogP contribution in [-0.2, 0) is 11.3 Å². The number of Topliss-reactive ketones (excluding diaryl/α,β-unsaturated/α-hetero) is 1. The van der Waals surface area contributed by atoms with Crippen molar-refractivity contribution in [2.45, 2.75) is 38.3 Å². The average molecular weight is 360 g/mol. The average Bonchev–Trinajstić information content (AvgIpc) is 3.44. The molecule has 2 aromatic rings. The lowest BCUT2D eigenvalue weighted by Gasteiger charge is -2.22. The predicted molar refractivity (Wildman–Crippen MR) is 95.0 cm³/mol. The molecular weight excluding hydrogens is 341 g/mol. The van der Waals surface area contributed by atoms with Crippen molar-refractivity contribution < 1.29 is 14.0 Å². The highest BCUT2D eigenvalue weighted by molar-refractivity contribution is 6.30. The van der Waals surface area contributed by atoms with Crippen LogP contribution in [0.15, 0.2) is 48.5 Å². The van der Waals surface area contributed by atoms with E-state index in [4.69, 9.17) is 11.6 Å². The molecule has 0 heterocycles. The van der Waals surface area contributed by atoms with E-state index in [-0.39, 0.29) is 42.9 Å². The summed E-state index contributed by atoms with van der Waals surface area (Å²) < 4.78 is 13.9. The molecule has 1 fully saturated rings. The van der Waals surface area contributed by atoms with Gasteiger partial charge in [-0.05, 0) is 43.2 Å². The number of amides is 1. The van der Waals surface area contributed by atoms with Crippen molar-refractivity contribution >= 4 is 23.3 Å². The minimum Gasteiger partial charge on any atom is -0.335 e. The number of nitrogens with zero attached hydrogens (tertiary/aromatic N) is 1. The Balaban J connectivity index is 1.61. The van der Waals surface area contributed by atoms with Gasteiger partial charge < -0.3 is 4.90 Å². The van der Waals surface area contributed by atoms with Gasteiger partial charge in [0.15, 0.2) is 5.78 Å². The summed E-state index contributed by atoms with van der Waals surface area (Å²) in [5.74, 6) is -0.502. The van der Waals surface area contributed by atoms with E-state index >= 15 is 0 Å². The highest BCUT2D eigenvalue weighted by Gasteiger charge is 2.32. The van der Waals surface area contributed by atoms with Gasteiger partial charge in [-0.1, -0.05) is 29.8 Å². The van der Waals surface area contributed by atoms with Crippen LogP contribution >= 0.6 is 11.6 Å². The Morgan fingerprint density at radius 1 is 1.04 bits per heavy atom. The van der Waals surface area contributed by atoms with Crippen LogP contribution in [0.25, 0.3) is 0 Å². The molecule has 0 spiro atoms. The van der Waals surface area contributed by atoms with E-state index in [1.165, 1.54) is 6.07 Å². The Morgan fingerprint density at radius 3 is 2.36 bits per heavy atom. The molecule has 0 radical (unpaired) electrons. The van der Waals surface area contributed by atoms with E-state index in [0.717, 1.165) is 12.8 Å². The van der Waals surface area contributed by atoms with Gasteiger partial charge in [0.25, 0.3) is 0 Å². The summed E-state index contributed by atoms with van der Waals surface area (Å²) in [7, 11) is 0. The molecule has 2 aromatic carbocycles. The van der Waals surface area contributed by atoms with Gasteiger partial charge in [-0.15, -0.1) is 0 Å². The second-order valence-electron chi connectivity index (χ2n) is 6.27. The van der Waals surface area contributed by atoms with Gasteiger partial charge in [0.05, 0.1) is 0 Å². The molecular formula is C20H19ClFNO2. The van der Waals surface area contributed by atoms with E-state index in [2.05, 4.69) is 0 Å². The smallest absolute Gasteiger partial charge is 0.223 e. The van der Waals surface area contributed by atoms with Crippen molar-refractivity contribution in [1.29, 1.82) is 0 Å². The molecule has 0 saturated heterocycles. The molecule has 0 atom stereocenters. The highest BCUT2D eigenvalue weighted by Crippen LogP contribution is 2.29. The van der Waals surface area contributed by atoms with Crippen LogP contribution in [0.5, 0.6) is 0 Å². The van der Waals surface area contributed by atoms with Gasteiger partial charge in [-0.2, -0.15) is 0 Å². The number of halogens is 2. The molecule has 1 aliphatic carbocycles. The SMILES string of the molecule is O=C(CCC(=O)N(Cc1ccccc1F)C1CC1)c1ccc(Cl)cc1. The first-order valence-electron chi connectivity index (χ1n) is 8.36. The molecule has 1 amide bonds. The molecule has 0 N–H and O–H groups in total. The fourth-order valence-corrected chi connectivity index (χ4v) is 2.89. The zero-order chi connectivity index (χ0) is 17.8. The van der Waals surface area contributed by atoms with Crippen molar-refractivity contribution in [3.8, 4) is 0 Å². The topological polar surface area (TPSA) is 37.4 Å². The standard InChI is InChI=1S/C20H19ClFNO2/c21-16-7-5-14(6-8-16)19(24)11-12-20(25)23(17-9-10-17)13-15-3-1-2-4-18(15)22/h1-8,17H,9-13H2. The maximum Gasteiger partial charge on any atom is 0.223 e. The summed E-state index contributed by atoms with van der Waals surface area (Å²) >= 11 is 5.81. The fraction of sp³-hybridized carbons (Fsp3) is 0.300. The van der Waals surface area contributed by atoms with Gasteiger partial charge >= 0.3 is 0 Å². The maximum atomic E-state index is 13.9. The van der Waals surface area contributed by atoms with Gasteiger partial charge in [0.2, 0.25) is 5.91 Å². The van der Waals surface area contributed by atoms with E-state index in [1.54, 1.807) is 47.4 Å². The van der Waals surface area contributed by atoms with Gasteiger partial charge in [-0.25, -0.2) is 4.39 Å². The van der Waals surface area contributed by atoms with Crippen LogP contribution in [0.4, 0.5) is 4.39 Å². The molecule has 3 nitrogen and oxygen atoms in total. The zero-order valence-electron chi connectivity index (χ0n) is 13.8. The van der Waals surface area contributed by atoms with Gasteiger partial charge in [0.1, 0.15) is 5.82 Å². The van der Waals surface area contributed by atoms with Crippen molar-refractivity contribution in [3.63, 3.8) is 0 Å². The molecule has 0 bridgehead atoms. The Kier molecular flexibility index (Phi) is 5.49. The van der Waals surface area contributed by atoms with Gasteiger partial charge in [0, 0.05) is 41.6 Å². The van der Waals surface area contributed by atoms with Crippen LogP contribution in [0.3, 0.4) is 0 Å². The molecule has 0 aromatic heterocycles. The molecule has 25 heavy (non-hydrogen) atoms.